The number of carboxylic acid groups (broad SMARTS) is 1. The van der Waals surface area contributed by atoms with Gasteiger partial charge in [0.25, 0.3) is 0 Å². The van der Waals surface area contributed by atoms with Crippen LogP contribution in [0.2, 0.25) is 5.02 Å². The topological polar surface area (TPSA) is 62.5 Å². The van der Waals surface area contributed by atoms with Crippen molar-refractivity contribution in [2.75, 3.05) is 6.54 Å². The summed E-state index contributed by atoms with van der Waals surface area (Å²) in [5.74, 6) is -1.20. The summed E-state index contributed by atoms with van der Waals surface area (Å²) in [6, 6.07) is 11.1. The molecule has 1 aromatic heterocycles. The van der Waals surface area contributed by atoms with Crippen LogP contribution >= 0.6 is 11.6 Å². The largest absolute Gasteiger partial charge is 0.480 e. The number of nitrogens with zero attached hydrogens (tertiary/aromatic N) is 2. The Morgan fingerprint density at radius 1 is 1.21 bits per heavy atom. The number of halogens is 2. The zero-order valence-electron chi connectivity index (χ0n) is 18.9. The second kappa shape index (κ2) is 9.56. The minimum Gasteiger partial charge on any atom is -0.480 e. The fraction of sp³-hybridized carbons (Fsp3) is 0.385. The summed E-state index contributed by atoms with van der Waals surface area (Å²) in [4.78, 5) is 27.0. The van der Waals surface area contributed by atoms with E-state index in [-0.39, 0.29) is 17.8 Å². The Morgan fingerprint density at radius 2 is 1.94 bits per heavy atom. The minimum absolute atomic E-state index is 0.0190. The maximum absolute atomic E-state index is 14.2. The Bertz CT molecular complexity index is 1190. The number of amides is 1. The van der Waals surface area contributed by atoms with Crippen molar-refractivity contribution in [3.05, 3.63) is 70.1 Å². The van der Waals surface area contributed by atoms with E-state index in [0.29, 0.717) is 37.3 Å². The van der Waals surface area contributed by atoms with E-state index < -0.39 is 12.0 Å². The van der Waals surface area contributed by atoms with Gasteiger partial charge >= 0.3 is 5.97 Å². The number of aliphatic carboxylic acids is 1. The van der Waals surface area contributed by atoms with Gasteiger partial charge in [0.15, 0.2) is 0 Å². The molecule has 1 aliphatic carbocycles. The van der Waals surface area contributed by atoms with Gasteiger partial charge in [0.2, 0.25) is 5.91 Å². The van der Waals surface area contributed by atoms with E-state index in [1.807, 2.05) is 35.4 Å². The number of benzene rings is 2. The zero-order chi connectivity index (χ0) is 23.7. The molecule has 2 aromatic carbocycles. The molecule has 0 spiro atoms. The van der Waals surface area contributed by atoms with E-state index in [2.05, 4.69) is 0 Å². The van der Waals surface area contributed by atoms with Crippen LogP contribution in [0.3, 0.4) is 0 Å². The molecule has 7 heteroatoms. The monoisotopic (exact) mass is 470 g/mol. The second-order valence-electron chi connectivity index (χ2n) is 8.60. The maximum Gasteiger partial charge on any atom is 0.326 e. The van der Waals surface area contributed by atoms with Gasteiger partial charge in [0.05, 0.1) is 6.42 Å². The van der Waals surface area contributed by atoms with Crippen molar-refractivity contribution in [3.8, 4) is 0 Å². The van der Waals surface area contributed by atoms with E-state index in [4.69, 9.17) is 11.6 Å². The normalized spacial score (nSPS) is 16.4. The molecule has 2 unspecified atom stereocenters. The van der Waals surface area contributed by atoms with Crippen LogP contribution in [0.25, 0.3) is 10.9 Å². The van der Waals surface area contributed by atoms with Crippen molar-refractivity contribution in [1.82, 2.24) is 9.47 Å². The lowest BCUT2D eigenvalue weighted by Gasteiger charge is -2.34. The van der Waals surface area contributed by atoms with E-state index in [0.717, 1.165) is 34.1 Å². The molecule has 1 amide bonds. The molecule has 2 atom stereocenters. The predicted octanol–water partition coefficient (Wildman–Crippen LogP) is 5.42. The van der Waals surface area contributed by atoms with Gasteiger partial charge in [0.1, 0.15) is 11.9 Å². The molecule has 4 rings (SSSR count). The lowest BCUT2D eigenvalue weighted by Crippen LogP contribution is -2.44. The molecule has 1 heterocycles. The van der Waals surface area contributed by atoms with Crippen molar-refractivity contribution in [2.24, 2.45) is 0 Å². The smallest absolute Gasteiger partial charge is 0.326 e. The van der Waals surface area contributed by atoms with Crippen LogP contribution in [0.4, 0.5) is 4.39 Å². The first-order chi connectivity index (χ1) is 15.8. The number of hydrogen-bond donors (Lipinski definition) is 1. The highest BCUT2D eigenvalue weighted by Crippen LogP contribution is 2.37. The minimum atomic E-state index is -0.892. The van der Waals surface area contributed by atoms with Gasteiger partial charge in [-0.1, -0.05) is 30.7 Å². The number of likely N-dealkylation sites (N-methyl/N-ethyl adjacent to an activating group) is 1. The van der Waals surface area contributed by atoms with Crippen LogP contribution in [0.5, 0.6) is 0 Å². The second-order valence-corrected chi connectivity index (χ2v) is 9.04. The molecule has 3 aromatic rings. The van der Waals surface area contributed by atoms with E-state index in [1.165, 1.54) is 12.1 Å². The molecule has 0 saturated heterocycles. The number of rotatable bonds is 7. The van der Waals surface area contributed by atoms with Crippen LogP contribution < -0.4 is 0 Å². The summed E-state index contributed by atoms with van der Waals surface area (Å²) >= 11 is 5.96. The summed E-state index contributed by atoms with van der Waals surface area (Å²) in [5.41, 5.74) is 3.55. The molecule has 0 radical (unpaired) electrons. The number of carbonyl (C=O) groups is 2. The highest BCUT2D eigenvalue weighted by molar-refractivity contribution is 6.30. The molecule has 1 N–H and O–H groups in total. The number of hydrogen-bond acceptors (Lipinski definition) is 2. The van der Waals surface area contributed by atoms with Crippen LogP contribution in [-0.2, 0) is 28.9 Å². The molecule has 0 aliphatic heterocycles. The standard InChI is InChI=1S/C26H28ClFN2O3/c1-3-22(26(32)33)30-23-11-9-18(28)14-20(23)21-15-19(10-12-24(21)30)29(4-2)25(31)13-16-5-7-17(27)8-6-16/h5-9,11,14,19,22H,3-4,10,12-13,15H2,1-2H3,(H,32,33). The van der Waals surface area contributed by atoms with Gasteiger partial charge in [-0.3, -0.25) is 4.79 Å². The van der Waals surface area contributed by atoms with Crippen molar-refractivity contribution >= 4 is 34.4 Å². The lowest BCUT2D eigenvalue weighted by atomic mass is 9.89. The number of carbonyl (C=O) groups excluding carboxylic acids is 1. The predicted molar refractivity (Wildman–Crippen MR) is 127 cm³/mol. The van der Waals surface area contributed by atoms with E-state index >= 15 is 0 Å². The Labute approximate surface area is 197 Å². The average Bonchev–Trinajstić information content (AvgIpc) is 3.09. The lowest BCUT2D eigenvalue weighted by molar-refractivity contribution is -0.141. The van der Waals surface area contributed by atoms with Crippen molar-refractivity contribution in [3.63, 3.8) is 0 Å². The average molecular weight is 471 g/mol. The van der Waals surface area contributed by atoms with Crippen molar-refractivity contribution < 1.29 is 19.1 Å². The van der Waals surface area contributed by atoms with Gasteiger partial charge in [-0.2, -0.15) is 0 Å². The molecule has 33 heavy (non-hydrogen) atoms. The third-order valence-corrected chi connectivity index (χ3v) is 6.94. The zero-order valence-corrected chi connectivity index (χ0v) is 19.6. The first kappa shape index (κ1) is 23.3. The Morgan fingerprint density at radius 3 is 2.58 bits per heavy atom. The Kier molecular flexibility index (Phi) is 6.75. The quantitative estimate of drug-likeness (QED) is 0.501. The first-order valence-electron chi connectivity index (χ1n) is 11.4. The fourth-order valence-corrected chi connectivity index (χ4v) is 5.28. The molecule has 0 saturated carbocycles. The highest BCUT2D eigenvalue weighted by Gasteiger charge is 2.33. The van der Waals surface area contributed by atoms with Gasteiger partial charge in [-0.15, -0.1) is 0 Å². The summed E-state index contributed by atoms with van der Waals surface area (Å²) in [6.07, 6.45) is 2.69. The summed E-state index contributed by atoms with van der Waals surface area (Å²) in [6.45, 7) is 4.39. The van der Waals surface area contributed by atoms with Crippen LogP contribution in [-0.4, -0.2) is 39.0 Å². The molecule has 0 bridgehead atoms. The summed E-state index contributed by atoms with van der Waals surface area (Å²) in [5, 5.41) is 11.2. The molecular formula is C26H28ClFN2O3. The summed E-state index contributed by atoms with van der Waals surface area (Å²) in [7, 11) is 0. The molecule has 1 aliphatic rings. The molecule has 0 fully saturated rings. The van der Waals surface area contributed by atoms with E-state index in [9.17, 15) is 19.1 Å². The van der Waals surface area contributed by atoms with Crippen LogP contribution in [0.15, 0.2) is 42.5 Å². The van der Waals surface area contributed by atoms with Gasteiger partial charge in [-0.25, -0.2) is 9.18 Å². The SMILES string of the molecule is CCC(C(=O)O)n1c2c(c3cc(F)ccc31)CC(N(CC)C(=O)Cc1ccc(Cl)cc1)CC2. The highest BCUT2D eigenvalue weighted by atomic mass is 35.5. The number of carboxylic acids is 1. The van der Waals surface area contributed by atoms with Gasteiger partial charge in [-0.05, 0) is 74.1 Å². The third kappa shape index (κ3) is 4.49. The van der Waals surface area contributed by atoms with E-state index in [1.54, 1.807) is 18.2 Å². The van der Waals surface area contributed by atoms with Crippen LogP contribution in [0, 0.1) is 5.82 Å². The van der Waals surface area contributed by atoms with Gasteiger partial charge < -0.3 is 14.6 Å². The third-order valence-electron chi connectivity index (χ3n) is 6.69. The van der Waals surface area contributed by atoms with Crippen molar-refractivity contribution in [1.29, 1.82) is 0 Å². The maximum atomic E-state index is 14.2. The number of aromatic nitrogens is 1. The van der Waals surface area contributed by atoms with Crippen LogP contribution in [0.1, 0.15) is 49.6 Å². The fourth-order valence-electron chi connectivity index (χ4n) is 5.15. The van der Waals surface area contributed by atoms with Crippen molar-refractivity contribution in [2.45, 2.75) is 58.0 Å². The Hall–Kier alpha value is -2.86. The Balaban J connectivity index is 1.67. The molecule has 174 valence electrons. The molecular weight excluding hydrogens is 443 g/mol. The van der Waals surface area contributed by atoms with Gasteiger partial charge in [0, 0.05) is 34.2 Å². The summed E-state index contributed by atoms with van der Waals surface area (Å²) < 4.78 is 16.0. The first-order valence-corrected chi connectivity index (χ1v) is 11.8. The molecule has 5 nitrogen and oxygen atoms in total. The number of fused-ring (bicyclic) bond motifs is 3.